The van der Waals surface area contributed by atoms with Crippen molar-refractivity contribution in [3.8, 4) is 45.0 Å². The number of hydrogen-bond acceptors (Lipinski definition) is 4. The van der Waals surface area contributed by atoms with Crippen molar-refractivity contribution in [1.82, 2.24) is 19.9 Å². The maximum absolute atomic E-state index is 5.40. The van der Waals surface area contributed by atoms with Crippen LogP contribution in [0.4, 0.5) is 0 Å². The fraction of sp³-hybridized carbons (Fsp3) is 0.0638. The van der Waals surface area contributed by atoms with E-state index in [9.17, 15) is 0 Å². The molecule has 0 radical (unpaired) electrons. The Labute approximate surface area is 296 Å². The van der Waals surface area contributed by atoms with Gasteiger partial charge in [0.05, 0.1) is 11.4 Å². The number of fused-ring (bicyclic) bond motifs is 7. The smallest absolute Gasteiger partial charge is 0.164 e. The topological polar surface area (TPSA) is 51.6 Å². The number of pyridine rings is 1. The van der Waals surface area contributed by atoms with E-state index in [2.05, 4.69) is 153 Å². The second-order valence-electron chi connectivity index (χ2n) is 13.5. The first-order chi connectivity index (χ1) is 25.2. The lowest BCUT2D eigenvalue weighted by molar-refractivity contribution is 0.612. The van der Waals surface area contributed by atoms with Gasteiger partial charge in [-0.25, -0.2) is 15.0 Å². The van der Waals surface area contributed by atoms with E-state index in [4.69, 9.17) is 19.9 Å². The van der Waals surface area contributed by atoms with E-state index in [1.807, 2.05) is 18.3 Å². The summed E-state index contributed by atoms with van der Waals surface area (Å²) < 4.78 is 0. The maximum Gasteiger partial charge on any atom is 0.164 e. The molecule has 10 rings (SSSR count). The van der Waals surface area contributed by atoms with Gasteiger partial charge in [0.15, 0.2) is 11.6 Å². The molecule has 0 saturated carbocycles. The minimum Gasteiger partial charge on any atom is -0.256 e. The van der Waals surface area contributed by atoms with Crippen LogP contribution in [0.25, 0.3) is 77.5 Å². The van der Waals surface area contributed by atoms with Crippen molar-refractivity contribution in [2.24, 2.45) is 0 Å². The van der Waals surface area contributed by atoms with E-state index in [0.717, 1.165) is 49.8 Å². The number of aromatic nitrogens is 4. The molecule has 2 atom stereocenters. The van der Waals surface area contributed by atoms with E-state index >= 15 is 0 Å². The molecule has 2 aromatic heterocycles. The first-order valence-corrected chi connectivity index (χ1v) is 17.5. The Bertz CT molecular complexity index is 2790. The van der Waals surface area contributed by atoms with E-state index < -0.39 is 0 Å². The summed E-state index contributed by atoms with van der Waals surface area (Å²) in [7, 11) is 0. The van der Waals surface area contributed by atoms with Crippen LogP contribution in [-0.4, -0.2) is 19.9 Å². The Morgan fingerprint density at radius 3 is 1.86 bits per heavy atom. The van der Waals surface area contributed by atoms with Crippen LogP contribution in [-0.2, 0) is 0 Å². The summed E-state index contributed by atoms with van der Waals surface area (Å²) in [6.07, 6.45) is 1.95. The van der Waals surface area contributed by atoms with E-state index in [0.29, 0.717) is 11.6 Å². The number of nitrogens with zero attached hydrogens (tertiary/aromatic N) is 4. The molecule has 0 aliphatic heterocycles. The molecule has 2 unspecified atom stereocenters. The molecule has 51 heavy (non-hydrogen) atoms. The van der Waals surface area contributed by atoms with Crippen molar-refractivity contribution in [1.29, 1.82) is 0 Å². The van der Waals surface area contributed by atoms with Crippen molar-refractivity contribution in [2.45, 2.75) is 18.8 Å². The Morgan fingerprint density at radius 2 is 1.04 bits per heavy atom. The second-order valence-corrected chi connectivity index (χ2v) is 13.5. The zero-order valence-electron chi connectivity index (χ0n) is 28.0. The van der Waals surface area contributed by atoms with Crippen LogP contribution >= 0.6 is 0 Å². The number of para-hydroxylation sites is 1. The first-order valence-electron chi connectivity index (χ1n) is 17.5. The minimum atomic E-state index is -0.0498. The Morgan fingerprint density at radius 1 is 0.431 bits per heavy atom. The number of hydrogen-bond donors (Lipinski definition) is 0. The van der Waals surface area contributed by atoms with Gasteiger partial charge in [0.1, 0.15) is 5.82 Å². The van der Waals surface area contributed by atoms with Crippen LogP contribution in [0.3, 0.4) is 0 Å². The van der Waals surface area contributed by atoms with Gasteiger partial charge in [-0.05, 0) is 73.5 Å². The van der Waals surface area contributed by atoms with Crippen LogP contribution < -0.4 is 0 Å². The lowest BCUT2D eigenvalue weighted by atomic mass is 9.72. The van der Waals surface area contributed by atoms with Gasteiger partial charge in [0.2, 0.25) is 0 Å². The molecule has 0 N–H and O–H groups in total. The number of benzene rings is 7. The van der Waals surface area contributed by atoms with E-state index in [-0.39, 0.29) is 11.8 Å². The van der Waals surface area contributed by atoms with Crippen molar-refractivity contribution >= 4 is 32.4 Å². The molecule has 240 valence electrons. The summed E-state index contributed by atoms with van der Waals surface area (Å²) in [6, 6.07) is 55.8. The SMILES string of the molecule is CC1c2ccccc2-c2ccccc2C1c1nc(-c2ccc(-c3cnc4ccccc4c3)cc2)nc(-c2cc3ccccc3c3ccccc23)n1. The summed E-state index contributed by atoms with van der Waals surface area (Å²) in [5, 5.41) is 5.82. The largest absolute Gasteiger partial charge is 0.256 e. The molecule has 1 aliphatic carbocycles. The lowest BCUT2D eigenvalue weighted by Gasteiger charge is -2.33. The van der Waals surface area contributed by atoms with Crippen LogP contribution in [0.15, 0.2) is 164 Å². The maximum atomic E-state index is 5.40. The molecule has 0 bridgehead atoms. The highest BCUT2D eigenvalue weighted by molar-refractivity contribution is 6.13. The molecule has 0 fully saturated rings. The quantitative estimate of drug-likeness (QED) is 0.178. The third-order valence-corrected chi connectivity index (χ3v) is 10.5. The van der Waals surface area contributed by atoms with Crippen LogP contribution in [0.2, 0.25) is 0 Å². The van der Waals surface area contributed by atoms with E-state index in [1.165, 1.54) is 33.0 Å². The minimum absolute atomic E-state index is 0.0498. The van der Waals surface area contributed by atoms with Crippen molar-refractivity contribution < 1.29 is 0 Å². The molecule has 0 saturated heterocycles. The predicted octanol–water partition coefficient (Wildman–Crippen LogP) is 11.6. The zero-order valence-corrected chi connectivity index (χ0v) is 28.0. The lowest BCUT2D eigenvalue weighted by Crippen LogP contribution is -2.20. The molecule has 9 aromatic rings. The summed E-state index contributed by atoms with van der Waals surface area (Å²) in [6.45, 7) is 2.31. The van der Waals surface area contributed by atoms with Crippen molar-refractivity contribution in [3.05, 3.63) is 181 Å². The van der Waals surface area contributed by atoms with Crippen LogP contribution in [0.1, 0.15) is 35.7 Å². The molecule has 4 heteroatoms. The Kier molecular flexibility index (Phi) is 6.81. The fourth-order valence-corrected chi connectivity index (χ4v) is 8.03. The normalized spacial score (nSPS) is 15.2. The summed E-state index contributed by atoms with van der Waals surface area (Å²) >= 11 is 0. The highest BCUT2D eigenvalue weighted by Crippen LogP contribution is 2.49. The summed E-state index contributed by atoms with van der Waals surface area (Å²) in [4.78, 5) is 20.7. The molecular weight excluding hydrogens is 621 g/mol. The summed E-state index contributed by atoms with van der Waals surface area (Å²) in [5.74, 6) is 2.24. The van der Waals surface area contributed by atoms with Gasteiger partial charge < -0.3 is 0 Å². The molecule has 7 aromatic carbocycles. The van der Waals surface area contributed by atoms with Gasteiger partial charge in [0, 0.05) is 28.3 Å². The van der Waals surface area contributed by atoms with Crippen LogP contribution in [0, 0.1) is 0 Å². The van der Waals surface area contributed by atoms with Gasteiger partial charge >= 0.3 is 0 Å². The average molecular weight is 653 g/mol. The van der Waals surface area contributed by atoms with Gasteiger partial charge in [-0.1, -0.05) is 146 Å². The highest BCUT2D eigenvalue weighted by Gasteiger charge is 2.34. The standard InChI is InChI=1S/C47H32N4/c1-29-35-14-5-6-16-37(35)39-18-9-10-20-41(39)44(29)47-50-45(31-24-22-30(23-25-31)34-26-33-13-3-11-21-43(33)48-28-34)49-46(51-47)42-27-32-12-2-4-15-36(32)38-17-7-8-19-40(38)42/h2-29,44H,1H3. The fourth-order valence-electron chi connectivity index (χ4n) is 8.03. The second kappa shape index (κ2) is 11.8. The van der Waals surface area contributed by atoms with E-state index in [1.54, 1.807) is 0 Å². The van der Waals surface area contributed by atoms with Crippen molar-refractivity contribution in [2.75, 3.05) is 0 Å². The van der Waals surface area contributed by atoms with Gasteiger partial charge in [-0.3, -0.25) is 4.98 Å². The molecule has 4 nitrogen and oxygen atoms in total. The molecule has 2 heterocycles. The highest BCUT2D eigenvalue weighted by atomic mass is 15.0. The van der Waals surface area contributed by atoms with Crippen molar-refractivity contribution in [3.63, 3.8) is 0 Å². The molecule has 0 spiro atoms. The first kappa shape index (κ1) is 29.4. The van der Waals surface area contributed by atoms with Gasteiger partial charge in [-0.2, -0.15) is 0 Å². The molecule has 1 aliphatic rings. The zero-order chi connectivity index (χ0) is 33.9. The monoisotopic (exact) mass is 652 g/mol. The number of rotatable bonds is 4. The van der Waals surface area contributed by atoms with Crippen LogP contribution in [0.5, 0.6) is 0 Å². The average Bonchev–Trinajstić information content (AvgIpc) is 3.20. The third-order valence-electron chi connectivity index (χ3n) is 10.5. The van der Waals surface area contributed by atoms with Gasteiger partial charge in [-0.15, -0.1) is 0 Å². The molecular formula is C47H32N4. The third kappa shape index (κ3) is 4.91. The molecule has 0 amide bonds. The van der Waals surface area contributed by atoms with Gasteiger partial charge in [0.25, 0.3) is 0 Å². The predicted molar refractivity (Wildman–Crippen MR) is 209 cm³/mol. The Hall–Kier alpha value is -6.52. The summed E-state index contributed by atoms with van der Waals surface area (Å²) in [5.41, 5.74) is 10.2. The Balaban J connectivity index is 1.18.